The summed E-state index contributed by atoms with van der Waals surface area (Å²) in [6.07, 6.45) is -11.6. The number of hydrogen-bond donors (Lipinski definition) is 1. The first-order chi connectivity index (χ1) is 24.0. The van der Waals surface area contributed by atoms with Gasteiger partial charge in [-0.05, 0) is 51.5 Å². The number of alkyl carbamates (subject to hydrolysis) is 1. The summed E-state index contributed by atoms with van der Waals surface area (Å²) in [6.45, 7) is 4.53. The number of hydrogen-bond acceptors (Lipinski definition) is 12. The second-order valence-corrected chi connectivity index (χ2v) is 14.1. The minimum atomic E-state index is -5.63. The molecule has 2 atom stereocenters. The molecule has 0 fully saturated rings. The highest BCUT2D eigenvalue weighted by Crippen LogP contribution is 2.44. The highest BCUT2D eigenvalue weighted by molar-refractivity contribution is 7.91. The molecule has 0 saturated carbocycles. The molecule has 14 nitrogen and oxygen atoms in total. The van der Waals surface area contributed by atoms with Gasteiger partial charge < -0.3 is 28.6 Å². The number of aromatic nitrogens is 4. The zero-order valence-electron chi connectivity index (χ0n) is 27.3. The van der Waals surface area contributed by atoms with Crippen molar-refractivity contribution in [3.63, 3.8) is 0 Å². The largest absolute Gasteiger partial charge is 0.471 e. The van der Waals surface area contributed by atoms with E-state index >= 15 is 4.39 Å². The van der Waals surface area contributed by atoms with Crippen molar-refractivity contribution in [3.8, 4) is 22.8 Å². The molecule has 2 aromatic heterocycles. The first-order valence-corrected chi connectivity index (χ1v) is 16.6. The quantitative estimate of drug-likeness (QED) is 0.215. The highest BCUT2D eigenvalue weighted by Gasteiger charge is 2.63. The van der Waals surface area contributed by atoms with Gasteiger partial charge in [0.25, 0.3) is 11.8 Å². The number of anilines is 1. The van der Waals surface area contributed by atoms with E-state index in [1.807, 2.05) is 0 Å². The second-order valence-electron chi connectivity index (χ2n) is 12.1. The number of carbonyl (C=O) groups is 2. The predicted molar refractivity (Wildman–Crippen MR) is 161 cm³/mol. The van der Waals surface area contributed by atoms with E-state index in [0.29, 0.717) is 0 Å². The molecular weight excluding hydrogens is 737 g/mol. The lowest BCUT2D eigenvalue weighted by Crippen LogP contribution is -2.51. The molecule has 2 amide bonds. The van der Waals surface area contributed by atoms with E-state index in [4.69, 9.17) is 9.15 Å². The van der Waals surface area contributed by atoms with E-state index in [1.165, 1.54) is 45.0 Å². The Morgan fingerprint density at radius 3 is 2.21 bits per heavy atom. The fourth-order valence-corrected chi connectivity index (χ4v) is 6.47. The SMILES string of the molecule is CCOC(F)(c1nnc(-c2ccc3c(c2)N(Cc2ccc(-c4noc(C(F)(F)F)n4)cc2)C(=O)[C@@H](NC(=O)OC(C)(C)C)CS3(=O)=O)o1)C(F)(F)F. The lowest BCUT2D eigenvalue weighted by Gasteiger charge is -2.27. The molecule has 0 saturated heterocycles. The molecule has 0 aliphatic carbocycles. The van der Waals surface area contributed by atoms with E-state index in [0.717, 1.165) is 30.0 Å². The standard InChI is InChI=1S/C30H27F7N6O8S/c1-5-48-28(31,30(35,36)37)24-41-40-22(49-24)17-10-11-20-19(12-17)43(23(44)18(14-52(20,46)47)38-26(45)50-27(2,3)4)13-15-6-8-16(9-7-15)21-39-25(51-42-21)29(32,33)34/h6-12,18H,5,13-14H2,1-4H3,(H,38,45)/t18-,28?/m0/s1. The van der Waals surface area contributed by atoms with E-state index in [-0.39, 0.29) is 22.4 Å². The van der Waals surface area contributed by atoms with E-state index in [1.54, 1.807) is 0 Å². The summed E-state index contributed by atoms with van der Waals surface area (Å²) in [5.41, 5.74) is -1.27. The van der Waals surface area contributed by atoms with Crippen LogP contribution in [0.25, 0.3) is 22.8 Å². The van der Waals surface area contributed by atoms with Crippen molar-refractivity contribution in [3.05, 3.63) is 59.8 Å². The number of ether oxygens (including phenoxy) is 2. The topological polar surface area (TPSA) is 180 Å². The maximum Gasteiger partial charge on any atom is 0.471 e. The third-order valence-corrected chi connectivity index (χ3v) is 8.89. The van der Waals surface area contributed by atoms with E-state index < -0.39 is 99.0 Å². The highest BCUT2D eigenvalue weighted by atomic mass is 32.2. The third-order valence-electron chi connectivity index (χ3n) is 7.10. The molecule has 22 heteroatoms. The van der Waals surface area contributed by atoms with Gasteiger partial charge in [-0.25, -0.2) is 13.2 Å². The number of nitrogens with zero attached hydrogens (tertiary/aromatic N) is 5. The van der Waals surface area contributed by atoms with Crippen LogP contribution in [0.15, 0.2) is 56.3 Å². The van der Waals surface area contributed by atoms with Gasteiger partial charge in [0.2, 0.25) is 11.7 Å². The fourth-order valence-electron chi connectivity index (χ4n) is 4.86. The van der Waals surface area contributed by atoms with Crippen LogP contribution < -0.4 is 10.2 Å². The van der Waals surface area contributed by atoms with Crippen molar-refractivity contribution in [2.75, 3.05) is 17.3 Å². The van der Waals surface area contributed by atoms with Crippen molar-refractivity contribution in [1.82, 2.24) is 25.7 Å². The van der Waals surface area contributed by atoms with E-state index in [9.17, 15) is 44.3 Å². The van der Waals surface area contributed by atoms with Crippen LogP contribution in [0.5, 0.6) is 0 Å². The summed E-state index contributed by atoms with van der Waals surface area (Å²) in [5.74, 6) is -10.7. The van der Waals surface area contributed by atoms with Crippen molar-refractivity contribution >= 4 is 27.5 Å². The Morgan fingerprint density at radius 2 is 1.63 bits per heavy atom. The number of alkyl halides is 7. The predicted octanol–water partition coefficient (Wildman–Crippen LogP) is 5.74. The molecule has 3 heterocycles. The summed E-state index contributed by atoms with van der Waals surface area (Å²) in [6, 6.07) is 6.70. The van der Waals surface area contributed by atoms with Crippen LogP contribution in [0.4, 0.5) is 41.2 Å². The molecule has 1 N–H and O–H groups in total. The number of nitrogens with one attached hydrogen (secondary N) is 1. The Bertz CT molecular complexity index is 2080. The Morgan fingerprint density at radius 1 is 0.981 bits per heavy atom. The Balaban J connectivity index is 1.57. The summed E-state index contributed by atoms with van der Waals surface area (Å²) < 4.78 is 141. The number of halogens is 7. The summed E-state index contributed by atoms with van der Waals surface area (Å²) in [5, 5.41) is 12.2. The molecule has 52 heavy (non-hydrogen) atoms. The molecule has 0 radical (unpaired) electrons. The number of amides is 2. The normalized spacial score (nSPS) is 17.6. The van der Waals surface area contributed by atoms with Gasteiger partial charge in [0.05, 0.1) is 22.9 Å². The zero-order chi connectivity index (χ0) is 38.4. The van der Waals surface area contributed by atoms with Gasteiger partial charge in [0.1, 0.15) is 11.6 Å². The average molecular weight is 765 g/mol. The monoisotopic (exact) mass is 764 g/mol. The minimum absolute atomic E-state index is 0.0852. The van der Waals surface area contributed by atoms with E-state index in [2.05, 4.69) is 34.9 Å². The van der Waals surface area contributed by atoms with Crippen molar-refractivity contribution < 1.29 is 67.2 Å². The average Bonchev–Trinajstić information content (AvgIpc) is 3.72. The van der Waals surface area contributed by atoms with Crippen LogP contribution in [-0.2, 0) is 42.7 Å². The van der Waals surface area contributed by atoms with Gasteiger partial charge in [0, 0.05) is 17.7 Å². The molecule has 1 aliphatic rings. The van der Waals surface area contributed by atoms with Crippen LogP contribution >= 0.6 is 0 Å². The van der Waals surface area contributed by atoms with Crippen LogP contribution in [-0.4, -0.2) is 70.9 Å². The molecule has 4 aromatic rings. The van der Waals surface area contributed by atoms with Gasteiger partial charge in [-0.2, -0.15) is 35.7 Å². The Labute approximate surface area is 289 Å². The molecular formula is C30H27F7N6O8S. The number of sulfone groups is 1. The van der Waals surface area contributed by atoms with Gasteiger partial charge in [-0.15, -0.1) is 10.2 Å². The van der Waals surface area contributed by atoms with Gasteiger partial charge in [0.15, 0.2) is 9.84 Å². The number of benzene rings is 2. The van der Waals surface area contributed by atoms with Gasteiger partial charge in [-0.1, -0.05) is 29.4 Å². The fraction of sp³-hybridized carbons (Fsp3) is 0.400. The maximum atomic E-state index is 15.0. The molecule has 0 spiro atoms. The first-order valence-electron chi connectivity index (χ1n) is 14.9. The maximum absolute atomic E-state index is 15.0. The lowest BCUT2D eigenvalue weighted by atomic mass is 10.1. The number of fused-ring (bicyclic) bond motifs is 1. The second kappa shape index (κ2) is 13.5. The molecule has 1 aliphatic heterocycles. The summed E-state index contributed by atoms with van der Waals surface area (Å²) in [7, 11) is -4.42. The van der Waals surface area contributed by atoms with Gasteiger partial charge >= 0.3 is 30.2 Å². The lowest BCUT2D eigenvalue weighted by molar-refractivity contribution is -0.348. The molecule has 5 rings (SSSR count). The third kappa shape index (κ3) is 7.86. The van der Waals surface area contributed by atoms with Crippen molar-refractivity contribution in [2.45, 2.75) is 69.0 Å². The van der Waals surface area contributed by atoms with Crippen molar-refractivity contribution in [1.29, 1.82) is 0 Å². The molecule has 1 unspecified atom stereocenters. The molecule has 0 bridgehead atoms. The summed E-state index contributed by atoms with van der Waals surface area (Å²) >= 11 is 0. The number of carbonyl (C=O) groups excluding carboxylic acids is 2. The van der Waals surface area contributed by atoms with Crippen LogP contribution in [0.1, 0.15) is 45.0 Å². The summed E-state index contributed by atoms with van der Waals surface area (Å²) in [4.78, 5) is 30.5. The van der Waals surface area contributed by atoms with Crippen LogP contribution in [0.2, 0.25) is 0 Å². The smallest absolute Gasteiger partial charge is 0.444 e. The molecule has 280 valence electrons. The van der Waals surface area contributed by atoms with Crippen LogP contribution in [0.3, 0.4) is 0 Å². The van der Waals surface area contributed by atoms with Crippen molar-refractivity contribution in [2.24, 2.45) is 0 Å². The Hall–Kier alpha value is -5.12. The zero-order valence-corrected chi connectivity index (χ0v) is 28.1. The first kappa shape index (κ1) is 38.1. The van der Waals surface area contributed by atoms with Gasteiger partial charge in [-0.3, -0.25) is 4.79 Å². The molecule has 2 aromatic carbocycles. The Kier molecular flexibility index (Phi) is 9.86. The van der Waals surface area contributed by atoms with Crippen LogP contribution in [0, 0.1) is 0 Å². The number of rotatable bonds is 8. The minimum Gasteiger partial charge on any atom is -0.444 e.